The maximum Gasteiger partial charge on any atom is 0.142 e. The zero-order chi connectivity index (χ0) is 19.2. The number of hydrogen-bond acceptors (Lipinski definition) is 2. The number of aryl methyl sites for hydroxylation is 3. The van der Waals surface area contributed by atoms with Crippen LogP contribution >= 0.6 is 0 Å². The second-order valence-corrected chi connectivity index (χ2v) is 7.76. The Bertz CT molecular complexity index is 816. The third-order valence-electron chi connectivity index (χ3n) is 5.67. The molecule has 27 heavy (non-hydrogen) atoms. The summed E-state index contributed by atoms with van der Waals surface area (Å²) in [6.07, 6.45) is 9.85. The molecule has 2 nitrogen and oxygen atoms in total. The number of fused-ring (bicyclic) bond motifs is 3. The van der Waals surface area contributed by atoms with Crippen molar-refractivity contribution in [2.45, 2.75) is 79.1 Å². The van der Waals surface area contributed by atoms with Gasteiger partial charge in [-0.05, 0) is 56.4 Å². The van der Waals surface area contributed by atoms with Crippen LogP contribution in [0.3, 0.4) is 0 Å². The molecule has 0 aliphatic carbocycles. The minimum atomic E-state index is 0.779. The van der Waals surface area contributed by atoms with E-state index in [0.717, 1.165) is 41.9 Å². The van der Waals surface area contributed by atoms with E-state index in [1.807, 2.05) is 0 Å². The monoisotopic (exact) mass is 366 g/mol. The molecule has 0 unspecified atom stereocenters. The van der Waals surface area contributed by atoms with Crippen LogP contribution < -0.4 is 4.74 Å². The molecule has 0 aliphatic rings. The molecule has 146 valence electrons. The maximum atomic E-state index is 6.37. The van der Waals surface area contributed by atoms with Gasteiger partial charge in [-0.25, -0.2) is 0 Å². The van der Waals surface area contributed by atoms with Gasteiger partial charge in [0, 0.05) is 16.3 Å². The standard InChI is InChI=1S/C25H34O2/c1-5-7-9-10-12-20-13-14-21-22-15-16-23(26-17-11-8-6-2)19(4)25(22)27-24(21)18(20)3/h13-16H,5-12,17H2,1-4H3. The molecule has 0 N–H and O–H groups in total. The third-order valence-corrected chi connectivity index (χ3v) is 5.67. The van der Waals surface area contributed by atoms with Gasteiger partial charge < -0.3 is 9.15 Å². The number of hydrogen-bond donors (Lipinski definition) is 0. The molecule has 0 fully saturated rings. The molecule has 2 aromatic carbocycles. The summed E-state index contributed by atoms with van der Waals surface area (Å²) in [7, 11) is 0. The lowest BCUT2D eigenvalue weighted by molar-refractivity contribution is 0.304. The number of unbranched alkanes of at least 4 members (excludes halogenated alkanes) is 5. The average molecular weight is 367 g/mol. The van der Waals surface area contributed by atoms with E-state index in [1.54, 1.807) is 0 Å². The largest absolute Gasteiger partial charge is 0.493 e. The fourth-order valence-corrected chi connectivity index (χ4v) is 3.90. The molecule has 0 bridgehead atoms. The smallest absolute Gasteiger partial charge is 0.142 e. The summed E-state index contributed by atoms with van der Waals surface area (Å²) < 4.78 is 12.4. The summed E-state index contributed by atoms with van der Waals surface area (Å²) in [5.41, 5.74) is 5.86. The molecule has 0 saturated carbocycles. The number of rotatable bonds is 10. The fourth-order valence-electron chi connectivity index (χ4n) is 3.90. The van der Waals surface area contributed by atoms with Crippen molar-refractivity contribution in [3.63, 3.8) is 0 Å². The van der Waals surface area contributed by atoms with E-state index < -0.39 is 0 Å². The van der Waals surface area contributed by atoms with Crippen LogP contribution in [0.15, 0.2) is 28.7 Å². The van der Waals surface area contributed by atoms with E-state index in [2.05, 4.69) is 52.0 Å². The van der Waals surface area contributed by atoms with E-state index in [9.17, 15) is 0 Å². The Morgan fingerprint density at radius 3 is 2.15 bits per heavy atom. The van der Waals surface area contributed by atoms with Crippen molar-refractivity contribution >= 4 is 21.9 Å². The minimum Gasteiger partial charge on any atom is -0.493 e. The molecule has 3 rings (SSSR count). The molecular weight excluding hydrogens is 332 g/mol. The summed E-state index contributed by atoms with van der Waals surface area (Å²) in [5.74, 6) is 0.954. The van der Waals surface area contributed by atoms with Gasteiger partial charge in [-0.2, -0.15) is 0 Å². The molecular formula is C25H34O2. The highest BCUT2D eigenvalue weighted by Crippen LogP contribution is 2.37. The average Bonchev–Trinajstić information content (AvgIpc) is 3.06. The number of furan rings is 1. The van der Waals surface area contributed by atoms with Gasteiger partial charge in [0.2, 0.25) is 0 Å². The molecule has 0 saturated heterocycles. The topological polar surface area (TPSA) is 22.4 Å². The Balaban J connectivity index is 1.88. The zero-order valence-corrected chi connectivity index (χ0v) is 17.5. The van der Waals surface area contributed by atoms with Crippen LogP contribution in [-0.4, -0.2) is 6.61 Å². The maximum absolute atomic E-state index is 6.37. The second kappa shape index (κ2) is 9.30. The summed E-state index contributed by atoms with van der Waals surface area (Å²) in [5, 5.41) is 2.42. The van der Waals surface area contributed by atoms with E-state index in [-0.39, 0.29) is 0 Å². The quantitative estimate of drug-likeness (QED) is 0.340. The number of benzene rings is 2. The molecule has 0 aliphatic heterocycles. The van der Waals surface area contributed by atoms with Crippen LogP contribution in [0.2, 0.25) is 0 Å². The van der Waals surface area contributed by atoms with Crippen LogP contribution in [-0.2, 0) is 6.42 Å². The molecule has 2 heteroatoms. The molecule has 0 atom stereocenters. The van der Waals surface area contributed by atoms with Crippen LogP contribution in [0.5, 0.6) is 5.75 Å². The van der Waals surface area contributed by atoms with Gasteiger partial charge in [-0.3, -0.25) is 0 Å². The van der Waals surface area contributed by atoms with Crippen LogP contribution in [0.1, 0.15) is 75.5 Å². The van der Waals surface area contributed by atoms with Gasteiger partial charge in [0.25, 0.3) is 0 Å². The summed E-state index contributed by atoms with van der Waals surface area (Å²) in [4.78, 5) is 0. The van der Waals surface area contributed by atoms with Crippen molar-refractivity contribution < 1.29 is 9.15 Å². The van der Waals surface area contributed by atoms with Gasteiger partial charge in [0.05, 0.1) is 6.61 Å². The van der Waals surface area contributed by atoms with Crippen molar-refractivity contribution in [3.8, 4) is 5.75 Å². The van der Waals surface area contributed by atoms with Crippen molar-refractivity contribution in [3.05, 3.63) is 41.0 Å². The first-order valence-electron chi connectivity index (χ1n) is 10.7. The van der Waals surface area contributed by atoms with Crippen molar-refractivity contribution in [2.75, 3.05) is 6.61 Å². The number of ether oxygens (including phenoxy) is 1. The molecule has 1 aromatic heterocycles. The Morgan fingerprint density at radius 2 is 1.41 bits per heavy atom. The predicted molar refractivity (Wildman–Crippen MR) is 116 cm³/mol. The third kappa shape index (κ3) is 4.31. The van der Waals surface area contributed by atoms with Gasteiger partial charge >= 0.3 is 0 Å². The summed E-state index contributed by atoms with van der Waals surface area (Å²) in [6, 6.07) is 8.80. The van der Waals surface area contributed by atoms with Gasteiger partial charge in [-0.1, -0.05) is 58.1 Å². The first kappa shape index (κ1) is 19.8. The van der Waals surface area contributed by atoms with Gasteiger partial charge in [-0.15, -0.1) is 0 Å². The molecule has 1 heterocycles. The van der Waals surface area contributed by atoms with Crippen molar-refractivity contribution in [1.29, 1.82) is 0 Å². The highest BCUT2D eigenvalue weighted by atomic mass is 16.5. The highest BCUT2D eigenvalue weighted by molar-refractivity contribution is 6.07. The van der Waals surface area contributed by atoms with E-state index in [4.69, 9.17) is 9.15 Å². The summed E-state index contributed by atoms with van der Waals surface area (Å²) in [6.45, 7) is 9.57. The first-order valence-corrected chi connectivity index (χ1v) is 10.7. The Morgan fingerprint density at radius 1 is 0.741 bits per heavy atom. The lowest BCUT2D eigenvalue weighted by Crippen LogP contribution is -1.98. The zero-order valence-electron chi connectivity index (χ0n) is 17.5. The lowest BCUT2D eigenvalue weighted by Gasteiger charge is -2.08. The van der Waals surface area contributed by atoms with Crippen LogP contribution in [0.4, 0.5) is 0 Å². The lowest BCUT2D eigenvalue weighted by atomic mass is 9.99. The Kier molecular flexibility index (Phi) is 6.82. The Labute approximate surface area is 163 Å². The van der Waals surface area contributed by atoms with Crippen molar-refractivity contribution in [2.24, 2.45) is 0 Å². The van der Waals surface area contributed by atoms with E-state index in [1.165, 1.54) is 60.4 Å². The predicted octanol–water partition coefficient (Wildman–Crippen LogP) is 7.89. The van der Waals surface area contributed by atoms with Crippen LogP contribution in [0.25, 0.3) is 21.9 Å². The molecule has 0 spiro atoms. The van der Waals surface area contributed by atoms with Gasteiger partial charge in [0.15, 0.2) is 0 Å². The minimum absolute atomic E-state index is 0.779. The van der Waals surface area contributed by atoms with E-state index >= 15 is 0 Å². The van der Waals surface area contributed by atoms with E-state index in [0.29, 0.717) is 0 Å². The highest BCUT2D eigenvalue weighted by Gasteiger charge is 2.15. The van der Waals surface area contributed by atoms with Crippen LogP contribution in [0, 0.1) is 13.8 Å². The fraction of sp³-hybridized carbons (Fsp3) is 0.520. The Hall–Kier alpha value is -1.96. The first-order chi connectivity index (χ1) is 13.2. The summed E-state index contributed by atoms with van der Waals surface area (Å²) >= 11 is 0. The second-order valence-electron chi connectivity index (χ2n) is 7.76. The van der Waals surface area contributed by atoms with Gasteiger partial charge in [0.1, 0.15) is 16.9 Å². The molecule has 0 amide bonds. The molecule has 0 radical (unpaired) electrons. The van der Waals surface area contributed by atoms with Crippen molar-refractivity contribution in [1.82, 2.24) is 0 Å². The SMILES string of the molecule is CCCCCCc1ccc2c(oc3c(C)c(OCCCCC)ccc32)c1C. The molecule has 3 aromatic rings. The normalized spacial score (nSPS) is 11.6.